The first kappa shape index (κ1) is 17.7. The maximum absolute atomic E-state index is 12.1. The molecule has 0 aliphatic rings. The molecule has 0 radical (unpaired) electrons. The molecule has 5 nitrogen and oxygen atoms in total. The van der Waals surface area contributed by atoms with Gasteiger partial charge in [0.2, 0.25) is 0 Å². The van der Waals surface area contributed by atoms with Crippen LogP contribution in [0.5, 0.6) is 5.75 Å². The van der Waals surface area contributed by atoms with Gasteiger partial charge in [-0.25, -0.2) is 0 Å². The predicted octanol–water partition coefficient (Wildman–Crippen LogP) is 4.52. The maximum atomic E-state index is 12.1. The highest BCUT2D eigenvalue weighted by Crippen LogP contribution is 2.24. The van der Waals surface area contributed by atoms with Gasteiger partial charge in [0.05, 0.1) is 23.7 Å². The topological polar surface area (TPSA) is 61.6 Å². The third-order valence-electron chi connectivity index (χ3n) is 3.12. The summed E-state index contributed by atoms with van der Waals surface area (Å²) >= 11 is 0. The highest BCUT2D eigenvalue weighted by molar-refractivity contribution is 5.42. The second-order valence-electron chi connectivity index (χ2n) is 5.07. The standard InChI is InChI=1S/C16H14F3NO4/c1-11-2-5-13(15(8-11)20(21)22)10-23-9-12-3-6-14(7-4-12)24-16(17,18)19/h2-8H,9-10H2,1H3. The summed E-state index contributed by atoms with van der Waals surface area (Å²) in [4.78, 5) is 10.5. The molecular weight excluding hydrogens is 327 g/mol. The Morgan fingerprint density at radius 1 is 1.08 bits per heavy atom. The van der Waals surface area contributed by atoms with Crippen LogP contribution < -0.4 is 4.74 Å². The summed E-state index contributed by atoms with van der Waals surface area (Å²) in [5.41, 5.74) is 1.80. The molecule has 0 N–H and O–H groups in total. The van der Waals surface area contributed by atoms with E-state index in [-0.39, 0.29) is 24.7 Å². The molecule has 0 saturated carbocycles. The van der Waals surface area contributed by atoms with Crippen molar-refractivity contribution in [3.63, 3.8) is 0 Å². The first-order valence-electron chi connectivity index (χ1n) is 6.91. The van der Waals surface area contributed by atoms with Crippen molar-refractivity contribution in [3.8, 4) is 5.75 Å². The first-order valence-corrected chi connectivity index (χ1v) is 6.91. The average molecular weight is 341 g/mol. The summed E-state index contributed by atoms with van der Waals surface area (Å²) in [5, 5.41) is 11.0. The Hall–Kier alpha value is -2.61. The highest BCUT2D eigenvalue weighted by Gasteiger charge is 2.30. The lowest BCUT2D eigenvalue weighted by molar-refractivity contribution is -0.386. The predicted molar refractivity (Wildman–Crippen MR) is 79.5 cm³/mol. The lowest BCUT2D eigenvalue weighted by Gasteiger charge is -2.10. The Balaban J connectivity index is 1.94. The van der Waals surface area contributed by atoms with Crippen molar-refractivity contribution in [1.82, 2.24) is 0 Å². The van der Waals surface area contributed by atoms with Gasteiger partial charge in [-0.3, -0.25) is 10.1 Å². The minimum atomic E-state index is -4.73. The zero-order valence-corrected chi connectivity index (χ0v) is 12.7. The van der Waals surface area contributed by atoms with Crippen LogP contribution >= 0.6 is 0 Å². The van der Waals surface area contributed by atoms with E-state index in [4.69, 9.17) is 4.74 Å². The fourth-order valence-electron chi connectivity index (χ4n) is 2.03. The summed E-state index contributed by atoms with van der Waals surface area (Å²) in [6.45, 7) is 1.89. The summed E-state index contributed by atoms with van der Waals surface area (Å²) in [6.07, 6.45) is -4.73. The van der Waals surface area contributed by atoms with Crippen LogP contribution in [0, 0.1) is 17.0 Å². The van der Waals surface area contributed by atoms with Crippen molar-refractivity contribution in [2.24, 2.45) is 0 Å². The number of ether oxygens (including phenoxy) is 2. The smallest absolute Gasteiger partial charge is 0.406 e. The maximum Gasteiger partial charge on any atom is 0.573 e. The lowest BCUT2D eigenvalue weighted by Crippen LogP contribution is -2.17. The molecule has 2 rings (SSSR count). The molecule has 0 fully saturated rings. The van der Waals surface area contributed by atoms with Crippen LogP contribution in [0.3, 0.4) is 0 Å². The number of nitro groups is 1. The number of hydrogen-bond acceptors (Lipinski definition) is 4. The third-order valence-corrected chi connectivity index (χ3v) is 3.12. The molecule has 128 valence electrons. The molecule has 8 heteroatoms. The molecule has 0 atom stereocenters. The fraction of sp³-hybridized carbons (Fsp3) is 0.250. The third kappa shape index (κ3) is 5.24. The van der Waals surface area contributed by atoms with Crippen LogP contribution in [0.15, 0.2) is 42.5 Å². The first-order chi connectivity index (χ1) is 11.2. The number of nitrogens with zero attached hydrogens (tertiary/aromatic N) is 1. The minimum Gasteiger partial charge on any atom is -0.406 e. The monoisotopic (exact) mass is 341 g/mol. The molecule has 0 aliphatic carbocycles. The van der Waals surface area contributed by atoms with Crippen LogP contribution in [0.2, 0.25) is 0 Å². The lowest BCUT2D eigenvalue weighted by atomic mass is 10.1. The highest BCUT2D eigenvalue weighted by atomic mass is 19.4. The van der Waals surface area contributed by atoms with Gasteiger partial charge in [0.1, 0.15) is 5.75 Å². The van der Waals surface area contributed by atoms with E-state index in [2.05, 4.69) is 4.74 Å². The Morgan fingerprint density at radius 3 is 2.33 bits per heavy atom. The molecule has 0 bridgehead atoms. The van der Waals surface area contributed by atoms with Gasteiger partial charge in [-0.05, 0) is 36.2 Å². The van der Waals surface area contributed by atoms with Crippen LogP contribution in [0.1, 0.15) is 16.7 Å². The van der Waals surface area contributed by atoms with Gasteiger partial charge in [0, 0.05) is 6.07 Å². The zero-order chi connectivity index (χ0) is 17.7. The van der Waals surface area contributed by atoms with Gasteiger partial charge in [-0.15, -0.1) is 13.2 Å². The molecule has 0 aliphatic heterocycles. The van der Waals surface area contributed by atoms with Gasteiger partial charge < -0.3 is 9.47 Å². The van der Waals surface area contributed by atoms with E-state index in [1.165, 1.54) is 30.3 Å². The van der Waals surface area contributed by atoms with Crippen molar-refractivity contribution in [3.05, 3.63) is 69.3 Å². The van der Waals surface area contributed by atoms with E-state index in [9.17, 15) is 23.3 Å². The molecular formula is C16H14F3NO4. The van der Waals surface area contributed by atoms with Gasteiger partial charge in [-0.1, -0.05) is 18.2 Å². The molecule has 0 unspecified atom stereocenters. The van der Waals surface area contributed by atoms with Crippen molar-refractivity contribution < 1.29 is 27.6 Å². The summed E-state index contributed by atoms with van der Waals surface area (Å²) in [5.74, 6) is -0.319. The molecule has 2 aromatic rings. The van der Waals surface area contributed by atoms with Crippen molar-refractivity contribution >= 4 is 5.69 Å². The van der Waals surface area contributed by atoms with Crippen LogP contribution in [-0.2, 0) is 18.0 Å². The number of alkyl halides is 3. The van der Waals surface area contributed by atoms with E-state index in [1.807, 2.05) is 0 Å². The average Bonchev–Trinajstić information content (AvgIpc) is 2.49. The Labute approximate surface area is 135 Å². The van der Waals surface area contributed by atoms with E-state index >= 15 is 0 Å². The molecule has 0 aromatic heterocycles. The van der Waals surface area contributed by atoms with Gasteiger partial charge in [0.25, 0.3) is 5.69 Å². The number of hydrogen-bond donors (Lipinski definition) is 0. The fourth-order valence-corrected chi connectivity index (χ4v) is 2.03. The number of aryl methyl sites for hydroxylation is 1. The molecule has 0 heterocycles. The zero-order valence-electron chi connectivity index (χ0n) is 12.7. The number of nitro benzene ring substituents is 1. The summed E-state index contributed by atoms with van der Waals surface area (Å²) in [7, 11) is 0. The van der Waals surface area contributed by atoms with Gasteiger partial charge in [-0.2, -0.15) is 0 Å². The Kier molecular flexibility index (Phi) is 5.40. The second-order valence-corrected chi connectivity index (χ2v) is 5.07. The SMILES string of the molecule is Cc1ccc(COCc2ccc(OC(F)(F)F)cc2)c([N+](=O)[O-])c1. The van der Waals surface area contributed by atoms with E-state index in [0.717, 1.165) is 5.56 Å². The van der Waals surface area contributed by atoms with Crippen molar-refractivity contribution in [1.29, 1.82) is 0 Å². The molecule has 0 amide bonds. The van der Waals surface area contributed by atoms with Crippen molar-refractivity contribution in [2.45, 2.75) is 26.5 Å². The van der Waals surface area contributed by atoms with E-state index in [0.29, 0.717) is 11.1 Å². The minimum absolute atomic E-state index is 0.0241. The molecule has 0 saturated heterocycles. The number of benzene rings is 2. The normalized spacial score (nSPS) is 11.3. The van der Waals surface area contributed by atoms with E-state index in [1.54, 1.807) is 19.1 Å². The van der Waals surface area contributed by atoms with E-state index < -0.39 is 11.3 Å². The molecule has 2 aromatic carbocycles. The molecule has 0 spiro atoms. The summed E-state index contributed by atoms with van der Waals surface area (Å²) < 4.78 is 45.4. The Bertz CT molecular complexity index is 714. The van der Waals surface area contributed by atoms with Crippen LogP contribution in [0.25, 0.3) is 0 Å². The quantitative estimate of drug-likeness (QED) is 0.572. The van der Waals surface area contributed by atoms with Crippen LogP contribution in [-0.4, -0.2) is 11.3 Å². The van der Waals surface area contributed by atoms with Crippen molar-refractivity contribution in [2.75, 3.05) is 0 Å². The number of rotatable bonds is 6. The molecule has 24 heavy (non-hydrogen) atoms. The van der Waals surface area contributed by atoms with Gasteiger partial charge >= 0.3 is 6.36 Å². The largest absolute Gasteiger partial charge is 0.573 e. The Morgan fingerprint density at radius 2 is 1.75 bits per heavy atom. The van der Waals surface area contributed by atoms with Crippen LogP contribution in [0.4, 0.5) is 18.9 Å². The number of halogens is 3. The second kappa shape index (κ2) is 7.31. The summed E-state index contributed by atoms with van der Waals surface area (Å²) in [6, 6.07) is 10.1. The van der Waals surface area contributed by atoms with Gasteiger partial charge in [0.15, 0.2) is 0 Å².